The predicted molar refractivity (Wildman–Crippen MR) is 124 cm³/mol. The number of Topliss-reactive ketones (excluding diaryl/α,β-unsaturated/α-hetero) is 1. The summed E-state index contributed by atoms with van der Waals surface area (Å²) >= 11 is 0. The summed E-state index contributed by atoms with van der Waals surface area (Å²) in [4.78, 5) is 26.9. The molecule has 2 aliphatic rings. The SMILES string of the molecule is CC(=O)C(NC1C=CCN(C(=O)OC(C)C)C2C=CC=C(C)C12)c1cc(C(F)(F)F)cc(C(F)(F)F)c1. The molecule has 37 heavy (non-hydrogen) atoms. The lowest BCUT2D eigenvalue weighted by atomic mass is 9.81. The Morgan fingerprint density at radius 1 is 1.03 bits per heavy atom. The minimum atomic E-state index is -5.05. The van der Waals surface area contributed by atoms with E-state index in [4.69, 9.17) is 4.74 Å². The number of allylic oxidation sites excluding steroid dienone is 2. The van der Waals surface area contributed by atoms with Gasteiger partial charge >= 0.3 is 18.4 Å². The van der Waals surface area contributed by atoms with Crippen LogP contribution in [0.25, 0.3) is 0 Å². The first-order valence-electron chi connectivity index (χ1n) is 11.6. The summed E-state index contributed by atoms with van der Waals surface area (Å²) in [5.41, 5.74) is -2.65. The number of hydrogen-bond acceptors (Lipinski definition) is 4. The van der Waals surface area contributed by atoms with Crippen LogP contribution < -0.4 is 5.32 Å². The molecule has 4 atom stereocenters. The van der Waals surface area contributed by atoms with E-state index in [9.17, 15) is 35.9 Å². The van der Waals surface area contributed by atoms with E-state index in [1.54, 1.807) is 51.2 Å². The highest BCUT2D eigenvalue weighted by molar-refractivity contribution is 5.83. The van der Waals surface area contributed by atoms with Crippen LogP contribution in [-0.4, -0.2) is 41.5 Å². The van der Waals surface area contributed by atoms with E-state index in [2.05, 4.69) is 5.32 Å². The first-order chi connectivity index (χ1) is 17.1. The van der Waals surface area contributed by atoms with Crippen LogP contribution in [-0.2, 0) is 21.9 Å². The number of carbonyl (C=O) groups is 2. The molecule has 1 amide bonds. The zero-order valence-electron chi connectivity index (χ0n) is 20.7. The van der Waals surface area contributed by atoms with E-state index in [-0.39, 0.29) is 18.7 Å². The Bertz CT molecular complexity index is 1090. The predicted octanol–water partition coefficient (Wildman–Crippen LogP) is 6.23. The van der Waals surface area contributed by atoms with Gasteiger partial charge in [0.2, 0.25) is 0 Å². The minimum Gasteiger partial charge on any atom is -0.447 e. The van der Waals surface area contributed by atoms with E-state index in [1.165, 1.54) is 4.90 Å². The average Bonchev–Trinajstić information content (AvgIpc) is 2.95. The fourth-order valence-corrected chi connectivity index (χ4v) is 4.59. The molecule has 1 aliphatic carbocycles. The van der Waals surface area contributed by atoms with Crippen LogP contribution in [0.15, 0.2) is 54.2 Å². The standard InChI is InChI=1S/C26H28F6N2O3/c1-14(2)37-24(36)34-10-6-8-20(22-15(3)7-5-9-21(22)34)33-23(16(4)35)17-11-18(25(27,28)29)13-19(12-17)26(30,31)32/h5-9,11-14,20-23,33H,10H2,1-4H3. The van der Waals surface area contributed by atoms with E-state index in [0.717, 1.165) is 12.5 Å². The third-order valence-corrected chi connectivity index (χ3v) is 6.23. The number of fused-ring (bicyclic) bond motifs is 1. The smallest absolute Gasteiger partial charge is 0.416 e. The monoisotopic (exact) mass is 530 g/mol. The molecular weight excluding hydrogens is 502 g/mol. The van der Waals surface area contributed by atoms with Gasteiger partial charge in [0.05, 0.1) is 29.3 Å². The van der Waals surface area contributed by atoms with Gasteiger partial charge in [-0.25, -0.2) is 4.79 Å². The summed E-state index contributed by atoms with van der Waals surface area (Å²) < 4.78 is 86.0. The molecule has 0 spiro atoms. The highest BCUT2D eigenvalue weighted by Gasteiger charge is 2.41. The zero-order valence-corrected chi connectivity index (χ0v) is 20.7. The number of benzene rings is 1. The van der Waals surface area contributed by atoms with Crippen molar-refractivity contribution >= 4 is 11.9 Å². The van der Waals surface area contributed by atoms with Crippen molar-refractivity contribution in [3.63, 3.8) is 0 Å². The number of hydrogen-bond donors (Lipinski definition) is 1. The van der Waals surface area contributed by atoms with Gasteiger partial charge in [0.15, 0.2) is 5.78 Å². The molecule has 4 unspecified atom stereocenters. The largest absolute Gasteiger partial charge is 0.447 e. The summed E-state index contributed by atoms with van der Waals surface area (Å²) in [6.45, 7) is 6.47. The fourth-order valence-electron chi connectivity index (χ4n) is 4.59. The average molecular weight is 531 g/mol. The summed E-state index contributed by atoms with van der Waals surface area (Å²) in [6.07, 6.45) is -2.36. The van der Waals surface area contributed by atoms with Gasteiger partial charge in [-0.1, -0.05) is 36.0 Å². The Morgan fingerprint density at radius 2 is 1.62 bits per heavy atom. The van der Waals surface area contributed by atoms with Crippen molar-refractivity contribution in [1.29, 1.82) is 0 Å². The van der Waals surface area contributed by atoms with Crippen LogP contribution in [0.4, 0.5) is 31.1 Å². The third kappa shape index (κ3) is 6.63. The van der Waals surface area contributed by atoms with Gasteiger partial charge in [-0.15, -0.1) is 0 Å². The number of ether oxygens (including phenoxy) is 1. The Balaban J connectivity index is 2.03. The van der Waals surface area contributed by atoms with Crippen molar-refractivity contribution in [2.45, 2.75) is 64.3 Å². The van der Waals surface area contributed by atoms with Crippen LogP contribution >= 0.6 is 0 Å². The van der Waals surface area contributed by atoms with Crippen LogP contribution in [0.5, 0.6) is 0 Å². The quantitative estimate of drug-likeness (QED) is 0.362. The van der Waals surface area contributed by atoms with E-state index in [1.807, 2.05) is 0 Å². The summed E-state index contributed by atoms with van der Waals surface area (Å²) in [5.74, 6) is -1.12. The van der Waals surface area contributed by atoms with Crippen LogP contribution in [0.3, 0.4) is 0 Å². The molecule has 11 heteroatoms. The van der Waals surface area contributed by atoms with E-state index < -0.39 is 65.0 Å². The number of amides is 1. The van der Waals surface area contributed by atoms with Crippen LogP contribution in [0.2, 0.25) is 0 Å². The Morgan fingerprint density at radius 3 is 2.14 bits per heavy atom. The van der Waals surface area contributed by atoms with Crippen molar-refractivity contribution < 1.29 is 40.7 Å². The van der Waals surface area contributed by atoms with Crippen molar-refractivity contribution in [2.24, 2.45) is 5.92 Å². The molecule has 0 aromatic heterocycles. The second kappa shape index (κ2) is 10.7. The molecule has 1 aliphatic heterocycles. The van der Waals surface area contributed by atoms with Gasteiger partial charge in [0, 0.05) is 18.5 Å². The molecule has 1 aromatic rings. The maximum Gasteiger partial charge on any atom is 0.416 e. The summed E-state index contributed by atoms with van der Waals surface area (Å²) in [6, 6.07) is -1.54. The molecule has 0 fully saturated rings. The molecule has 0 saturated heterocycles. The summed E-state index contributed by atoms with van der Waals surface area (Å²) in [5, 5.41) is 2.97. The number of ketones is 1. The van der Waals surface area contributed by atoms with Gasteiger partial charge in [0.1, 0.15) is 0 Å². The highest BCUT2D eigenvalue weighted by atomic mass is 19.4. The van der Waals surface area contributed by atoms with Crippen molar-refractivity contribution in [3.8, 4) is 0 Å². The van der Waals surface area contributed by atoms with Crippen LogP contribution in [0, 0.1) is 5.92 Å². The number of rotatable bonds is 5. The summed E-state index contributed by atoms with van der Waals surface area (Å²) in [7, 11) is 0. The second-order valence-electron chi connectivity index (χ2n) is 9.40. The molecule has 1 heterocycles. The third-order valence-electron chi connectivity index (χ3n) is 6.23. The topological polar surface area (TPSA) is 58.6 Å². The van der Waals surface area contributed by atoms with E-state index in [0.29, 0.717) is 12.1 Å². The van der Waals surface area contributed by atoms with Gasteiger partial charge in [-0.3, -0.25) is 15.0 Å². The fraction of sp³-hybridized carbons (Fsp3) is 0.462. The maximum absolute atomic E-state index is 13.4. The zero-order chi connectivity index (χ0) is 27.7. The number of halogens is 6. The number of nitrogens with one attached hydrogen (secondary N) is 1. The lowest BCUT2D eigenvalue weighted by Crippen LogP contribution is -2.51. The highest BCUT2D eigenvalue weighted by Crippen LogP contribution is 2.38. The Kier molecular flexibility index (Phi) is 8.26. The van der Waals surface area contributed by atoms with Crippen molar-refractivity contribution in [1.82, 2.24) is 10.2 Å². The number of alkyl halides is 6. The van der Waals surface area contributed by atoms with Gasteiger partial charge in [-0.05, 0) is 51.5 Å². The van der Waals surface area contributed by atoms with Gasteiger partial charge < -0.3 is 4.74 Å². The number of carbonyl (C=O) groups excluding carboxylic acids is 2. The first-order valence-corrected chi connectivity index (χ1v) is 11.6. The molecule has 0 radical (unpaired) electrons. The lowest BCUT2D eigenvalue weighted by Gasteiger charge is -2.39. The van der Waals surface area contributed by atoms with Crippen LogP contribution in [0.1, 0.15) is 50.4 Å². The van der Waals surface area contributed by atoms with Crippen molar-refractivity contribution in [2.75, 3.05) is 6.54 Å². The molecule has 1 aromatic carbocycles. The number of nitrogens with zero attached hydrogens (tertiary/aromatic N) is 1. The molecule has 0 saturated carbocycles. The molecule has 3 rings (SSSR count). The normalized spacial score (nSPS) is 22.8. The second-order valence-corrected chi connectivity index (χ2v) is 9.40. The van der Waals surface area contributed by atoms with Gasteiger partial charge in [0.25, 0.3) is 0 Å². The molecule has 0 bridgehead atoms. The van der Waals surface area contributed by atoms with E-state index >= 15 is 0 Å². The van der Waals surface area contributed by atoms with Gasteiger partial charge in [-0.2, -0.15) is 26.3 Å². The van der Waals surface area contributed by atoms with Crippen molar-refractivity contribution in [3.05, 3.63) is 70.8 Å². The lowest BCUT2D eigenvalue weighted by molar-refractivity contribution is -0.143. The molecular formula is C26H28F6N2O3. The molecule has 5 nitrogen and oxygen atoms in total. The molecule has 202 valence electrons. The first kappa shape index (κ1) is 28.5. The maximum atomic E-state index is 13.4. The molecule has 1 N–H and O–H groups in total. The Hall–Kier alpha value is -3.08. The minimum absolute atomic E-state index is 0.0271. The Labute approximate surface area is 210 Å².